The highest BCUT2D eigenvalue weighted by Crippen LogP contribution is 2.39. The molecule has 1 aromatic carbocycles. The van der Waals surface area contributed by atoms with E-state index in [1.54, 1.807) is 6.20 Å². The lowest BCUT2D eigenvalue weighted by atomic mass is 10.0. The van der Waals surface area contributed by atoms with Gasteiger partial charge in [0.05, 0.1) is 30.8 Å². The predicted octanol–water partition coefficient (Wildman–Crippen LogP) is 3.77. The molecule has 3 fully saturated rings. The minimum absolute atomic E-state index is 0.123. The average molecular weight is 540 g/mol. The van der Waals surface area contributed by atoms with E-state index in [4.69, 9.17) is 14.7 Å². The van der Waals surface area contributed by atoms with Gasteiger partial charge in [-0.3, -0.25) is 9.78 Å². The van der Waals surface area contributed by atoms with Crippen molar-refractivity contribution in [1.29, 1.82) is 0 Å². The first kappa shape index (κ1) is 25.4. The van der Waals surface area contributed by atoms with Gasteiger partial charge in [-0.25, -0.2) is 4.98 Å². The molecule has 2 aromatic heterocycles. The zero-order valence-corrected chi connectivity index (χ0v) is 23.0. The molecule has 9 nitrogen and oxygen atoms in total. The highest BCUT2D eigenvalue weighted by atomic mass is 16.5. The summed E-state index contributed by atoms with van der Waals surface area (Å²) < 4.78 is 5.59. The van der Waals surface area contributed by atoms with Crippen LogP contribution in [0.15, 0.2) is 48.8 Å². The van der Waals surface area contributed by atoms with Crippen LogP contribution < -0.4 is 9.80 Å². The van der Waals surface area contributed by atoms with E-state index in [0.29, 0.717) is 25.2 Å². The molecule has 7 rings (SSSR count). The Morgan fingerprint density at radius 2 is 1.73 bits per heavy atom. The number of carbonyl (C=O) groups excluding carboxylic acids is 1. The summed E-state index contributed by atoms with van der Waals surface area (Å²) in [4.78, 5) is 37.3. The Kier molecular flexibility index (Phi) is 7.07. The van der Waals surface area contributed by atoms with E-state index in [0.717, 1.165) is 85.9 Å². The van der Waals surface area contributed by atoms with Gasteiger partial charge in [0.1, 0.15) is 5.82 Å². The third kappa shape index (κ3) is 4.92. The summed E-state index contributed by atoms with van der Waals surface area (Å²) >= 11 is 0. The van der Waals surface area contributed by atoms with Crippen molar-refractivity contribution in [1.82, 2.24) is 24.8 Å². The Morgan fingerprint density at radius 1 is 0.900 bits per heavy atom. The van der Waals surface area contributed by atoms with Crippen molar-refractivity contribution in [3.63, 3.8) is 0 Å². The van der Waals surface area contributed by atoms with Crippen LogP contribution in [-0.4, -0.2) is 95.7 Å². The molecule has 40 heavy (non-hydrogen) atoms. The lowest BCUT2D eigenvalue weighted by molar-refractivity contribution is 0.0644. The fraction of sp³-hybridized carbons (Fsp3) is 0.484. The number of rotatable bonds is 5. The van der Waals surface area contributed by atoms with Gasteiger partial charge in [0.25, 0.3) is 5.91 Å². The molecular formula is C31H37N7O2. The van der Waals surface area contributed by atoms with Crippen molar-refractivity contribution in [2.24, 2.45) is 0 Å². The molecule has 4 aliphatic rings. The van der Waals surface area contributed by atoms with Crippen molar-refractivity contribution in [3.8, 4) is 11.3 Å². The second-order valence-electron chi connectivity index (χ2n) is 11.2. The number of benzene rings is 1. The van der Waals surface area contributed by atoms with Crippen LogP contribution >= 0.6 is 0 Å². The average Bonchev–Trinajstić information content (AvgIpc) is 3.72. The van der Waals surface area contributed by atoms with Gasteiger partial charge >= 0.3 is 0 Å². The molecular weight excluding hydrogens is 502 g/mol. The van der Waals surface area contributed by atoms with E-state index < -0.39 is 0 Å². The van der Waals surface area contributed by atoms with Crippen LogP contribution in [-0.2, 0) is 11.2 Å². The lowest BCUT2D eigenvalue weighted by Gasteiger charge is -2.36. The Labute approximate surface area is 235 Å². The molecule has 0 bridgehead atoms. The summed E-state index contributed by atoms with van der Waals surface area (Å²) in [5.74, 6) is 1.77. The molecule has 0 saturated carbocycles. The number of anilines is 3. The number of fused-ring (bicyclic) bond motifs is 1. The minimum atomic E-state index is 0.123. The monoisotopic (exact) mass is 539 g/mol. The molecule has 0 radical (unpaired) electrons. The van der Waals surface area contributed by atoms with Crippen LogP contribution in [0.4, 0.5) is 17.5 Å². The molecule has 0 aliphatic carbocycles. The molecule has 4 aliphatic heterocycles. The Balaban J connectivity index is 1.19. The first-order valence-corrected chi connectivity index (χ1v) is 14.8. The number of piperidine rings is 1. The number of likely N-dealkylation sites (tertiary alicyclic amines) is 2. The summed E-state index contributed by atoms with van der Waals surface area (Å²) in [5.41, 5.74) is 4.77. The quantitative estimate of drug-likeness (QED) is 0.485. The van der Waals surface area contributed by atoms with Crippen molar-refractivity contribution in [2.75, 3.05) is 68.8 Å². The van der Waals surface area contributed by atoms with E-state index in [1.807, 2.05) is 35.4 Å². The van der Waals surface area contributed by atoms with Gasteiger partial charge in [0.15, 0.2) is 0 Å². The fourth-order valence-electron chi connectivity index (χ4n) is 6.67. The molecule has 3 aromatic rings. The number of aromatic nitrogens is 3. The normalized spacial score (nSPS) is 20.2. The van der Waals surface area contributed by atoms with Crippen molar-refractivity contribution < 1.29 is 9.53 Å². The van der Waals surface area contributed by atoms with Crippen molar-refractivity contribution >= 4 is 23.4 Å². The van der Waals surface area contributed by atoms with Crippen LogP contribution in [0.5, 0.6) is 0 Å². The number of hydrogen-bond donors (Lipinski definition) is 0. The van der Waals surface area contributed by atoms with Crippen LogP contribution in [0, 0.1) is 0 Å². The van der Waals surface area contributed by atoms with Gasteiger partial charge in [-0.1, -0.05) is 12.1 Å². The van der Waals surface area contributed by atoms with Gasteiger partial charge in [0, 0.05) is 61.7 Å². The first-order chi connectivity index (χ1) is 19.7. The van der Waals surface area contributed by atoms with Gasteiger partial charge in [0.2, 0.25) is 5.95 Å². The third-order valence-electron chi connectivity index (χ3n) is 8.86. The molecule has 6 heterocycles. The van der Waals surface area contributed by atoms with Crippen LogP contribution in [0.1, 0.15) is 41.6 Å². The van der Waals surface area contributed by atoms with E-state index in [2.05, 4.69) is 31.8 Å². The molecule has 0 N–H and O–H groups in total. The summed E-state index contributed by atoms with van der Waals surface area (Å²) in [6.07, 6.45) is 9.28. The molecule has 0 atom stereocenters. The standard InChI is InChI=1S/C31H37N7O2/c39-30(36-14-8-25(9-15-36)35-12-1-2-13-35)24-6-3-5-23(21-24)28-27-10-16-38(26-7-4-11-32-22-26)29(27)34-31(33-28)37-17-19-40-20-18-37/h3-7,11,21-22,25H,1-2,8-10,12-20H2. The smallest absolute Gasteiger partial charge is 0.253 e. The fourth-order valence-corrected chi connectivity index (χ4v) is 6.67. The topological polar surface area (TPSA) is 77.9 Å². The Morgan fingerprint density at radius 3 is 2.50 bits per heavy atom. The van der Waals surface area contributed by atoms with Gasteiger partial charge < -0.3 is 24.3 Å². The summed E-state index contributed by atoms with van der Waals surface area (Å²) in [7, 11) is 0. The number of amides is 1. The van der Waals surface area contributed by atoms with Crippen LogP contribution in [0.25, 0.3) is 11.3 Å². The Bertz CT molecular complexity index is 1350. The molecule has 0 unspecified atom stereocenters. The maximum atomic E-state index is 13.6. The van der Waals surface area contributed by atoms with Crippen molar-refractivity contribution in [3.05, 3.63) is 59.9 Å². The predicted molar refractivity (Wildman–Crippen MR) is 155 cm³/mol. The number of hydrogen-bond acceptors (Lipinski definition) is 8. The molecule has 1 amide bonds. The number of morpholine rings is 1. The van der Waals surface area contributed by atoms with Crippen LogP contribution in [0.3, 0.4) is 0 Å². The summed E-state index contributed by atoms with van der Waals surface area (Å²) in [5, 5.41) is 0. The molecule has 0 spiro atoms. The molecule has 208 valence electrons. The molecule has 3 saturated heterocycles. The third-order valence-corrected chi connectivity index (χ3v) is 8.86. The van der Waals surface area contributed by atoms with E-state index in [9.17, 15) is 4.79 Å². The largest absolute Gasteiger partial charge is 0.378 e. The number of nitrogens with zero attached hydrogens (tertiary/aromatic N) is 7. The Hall–Kier alpha value is -3.56. The maximum Gasteiger partial charge on any atom is 0.253 e. The second kappa shape index (κ2) is 11.1. The highest BCUT2D eigenvalue weighted by molar-refractivity contribution is 5.95. The van der Waals surface area contributed by atoms with E-state index >= 15 is 0 Å². The maximum absolute atomic E-state index is 13.6. The summed E-state index contributed by atoms with van der Waals surface area (Å²) in [6, 6.07) is 12.7. The van der Waals surface area contributed by atoms with Crippen LogP contribution in [0.2, 0.25) is 0 Å². The summed E-state index contributed by atoms with van der Waals surface area (Å²) in [6.45, 7) is 7.76. The lowest BCUT2D eigenvalue weighted by Crippen LogP contribution is -2.45. The first-order valence-electron chi connectivity index (χ1n) is 14.8. The second-order valence-corrected chi connectivity index (χ2v) is 11.2. The van der Waals surface area contributed by atoms with Gasteiger partial charge in [-0.15, -0.1) is 0 Å². The highest BCUT2D eigenvalue weighted by Gasteiger charge is 2.31. The number of carbonyl (C=O) groups is 1. The van der Waals surface area contributed by atoms with Gasteiger partial charge in [-0.05, 0) is 69.5 Å². The SMILES string of the molecule is O=C(c1cccc(-c2nc(N3CCOCC3)nc3c2CCN3c2cccnc2)c1)N1CCC(N2CCCC2)CC1. The van der Waals surface area contributed by atoms with E-state index in [-0.39, 0.29) is 5.91 Å². The molecule has 9 heteroatoms. The number of pyridine rings is 1. The zero-order chi connectivity index (χ0) is 26.9. The van der Waals surface area contributed by atoms with E-state index in [1.165, 1.54) is 25.9 Å². The van der Waals surface area contributed by atoms with Crippen molar-refractivity contribution in [2.45, 2.75) is 38.1 Å². The zero-order valence-electron chi connectivity index (χ0n) is 23.0. The van der Waals surface area contributed by atoms with Gasteiger partial charge in [-0.2, -0.15) is 4.98 Å². The number of ether oxygens (including phenoxy) is 1. The minimum Gasteiger partial charge on any atom is -0.378 e.